The van der Waals surface area contributed by atoms with E-state index in [2.05, 4.69) is 376 Å². The van der Waals surface area contributed by atoms with Crippen molar-refractivity contribution in [3.05, 3.63) is 333 Å². The van der Waals surface area contributed by atoms with Gasteiger partial charge in [-0.2, -0.15) is 0 Å². The molecule has 0 amide bonds. The van der Waals surface area contributed by atoms with E-state index >= 15 is 0 Å². The van der Waals surface area contributed by atoms with Gasteiger partial charge in [-0.25, -0.2) is 4.98 Å². The molecule has 0 saturated carbocycles. The van der Waals surface area contributed by atoms with Gasteiger partial charge in [0.05, 0.1) is 27.8 Å². The van der Waals surface area contributed by atoms with Gasteiger partial charge in [0.1, 0.15) is 11.6 Å². The number of nitrogens with zero attached hydrogens (tertiary/aromatic N) is 5. The van der Waals surface area contributed by atoms with Crippen LogP contribution in [0.3, 0.4) is 0 Å². The zero-order valence-corrected chi connectivity index (χ0v) is 58.5. The van der Waals surface area contributed by atoms with Crippen molar-refractivity contribution in [1.29, 1.82) is 0 Å². The molecule has 0 spiro atoms. The molecule has 476 valence electrons. The molecule has 0 N–H and O–H groups in total. The predicted octanol–water partition coefficient (Wildman–Crippen LogP) is 21.4. The van der Waals surface area contributed by atoms with E-state index in [9.17, 15) is 0 Å². The van der Waals surface area contributed by atoms with Crippen LogP contribution in [0.1, 0.15) is 52.7 Å². The van der Waals surface area contributed by atoms with Crippen molar-refractivity contribution >= 4 is 129 Å². The predicted molar refractivity (Wildman–Crippen MR) is 420 cm³/mol. The Morgan fingerprint density at radius 3 is 1.42 bits per heavy atom. The number of pyridine rings is 1. The second-order valence-corrected chi connectivity index (χ2v) is 36.7. The molecule has 18 rings (SSSR count). The standard InChI is InChI=1S/C92H73GeN5O/c1-91(2,3)62-51-52-94-87(56-62)98-83-49-25-22-43-80(83)88-85(97-81-47-23-20-41-76(81)77-42-21-24-48-82(77)97)58-70(59-86(88)98)99-69-36-26-35-68(57-69)95-60-96-89-71(44-27-45-78(89)74-39-18-16-37-72(74)73-38-17-19-40-75(73)79-46-28-50-84(95)90(79)96)61-53-63(92(4,5)6)55-67(54-61)93(64-29-10-7-11-30-64,65-31-12-8-13-32-65)66-33-14-9-15-34-66/h7-59H,60H2,1-6H3. The van der Waals surface area contributed by atoms with Gasteiger partial charge in [0.15, 0.2) is 0 Å². The van der Waals surface area contributed by atoms with Crippen molar-refractivity contribution in [3.63, 3.8) is 0 Å². The molecule has 0 fully saturated rings. The summed E-state index contributed by atoms with van der Waals surface area (Å²) in [5, 5.41) is 11.8. The molecule has 1 aliphatic rings. The Hall–Kier alpha value is -11.4. The average molecular weight is 1340 g/mol. The molecular weight excluding hydrogens is 1260 g/mol. The Morgan fingerprint density at radius 2 is 0.838 bits per heavy atom. The SMILES string of the molecule is CC(C)(C)c1cc(-c2cccc3c4ccccc4c4ccccc4c4cccc5c4n(c23)CN5c2cccc(Oc3cc(-n4c5ccccc5c5ccccc54)c4c5ccccc5n(-c5cc(C(C)(C)C)ccn5)c4c3)c2)c[c]([Ge]([c]2ccccc2)([c]2ccccc2)[c]2ccccc2)c1. The molecule has 0 bridgehead atoms. The Kier molecular flexibility index (Phi) is 14.2. The maximum absolute atomic E-state index is 7.46. The molecule has 0 saturated heterocycles. The van der Waals surface area contributed by atoms with E-state index in [0.29, 0.717) is 12.4 Å². The van der Waals surface area contributed by atoms with E-state index in [1.54, 1.807) is 0 Å². The number of hydrogen-bond donors (Lipinski definition) is 0. The first-order chi connectivity index (χ1) is 48.4. The van der Waals surface area contributed by atoms with Crippen molar-refractivity contribution in [2.45, 2.75) is 59.0 Å². The van der Waals surface area contributed by atoms with Gasteiger partial charge in [-0.1, -0.05) is 75.4 Å². The van der Waals surface area contributed by atoms with Crippen LogP contribution < -0.4 is 27.2 Å². The van der Waals surface area contributed by atoms with E-state index in [1.165, 1.54) is 88.4 Å². The molecule has 99 heavy (non-hydrogen) atoms. The van der Waals surface area contributed by atoms with Crippen LogP contribution >= 0.6 is 0 Å². The second kappa shape index (κ2) is 23.4. The first kappa shape index (κ1) is 60.0. The Bertz CT molecular complexity index is 6000. The van der Waals surface area contributed by atoms with E-state index in [-0.39, 0.29) is 10.8 Å². The van der Waals surface area contributed by atoms with Crippen molar-refractivity contribution in [3.8, 4) is 34.1 Å². The zero-order chi connectivity index (χ0) is 66.7. The third-order valence-electron chi connectivity index (χ3n) is 20.8. The fourth-order valence-electron chi connectivity index (χ4n) is 16.2. The van der Waals surface area contributed by atoms with Crippen LogP contribution in [-0.4, -0.2) is 32.0 Å². The van der Waals surface area contributed by atoms with Crippen LogP contribution in [0.25, 0.3) is 110 Å². The van der Waals surface area contributed by atoms with Crippen LogP contribution in [-0.2, 0) is 17.5 Å². The van der Waals surface area contributed by atoms with E-state index in [1.807, 2.05) is 6.20 Å². The van der Waals surface area contributed by atoms with E-state index < -0.39 is 13.3 Å². The molecule has 4 aromatic heterocycles. The van der Waals surface area contributed by atoms with Gasteiger partial charge in [0, 0.05) is 39.9 Å². The summed E-state index contributed by atoms with van der Waals surface area (Å²) < 4.78 is 20.4. The molecule has 0 aliphatic carbocycles. The number of benzene rings is 13. The van der Waals surface area contributed by atoms with Crippen LogP contribution in [0.15, 0.2) is 322 Å². The van der Waals surface area contributed by atoms with Gasteiger partial charge < -0.3 is 4.57 Å². The quantitative estimate of drug-likeness (QED) is 0.128. The Labute approximate surface area is 579 Å². The molecule has 6 nitrogen and oxygen atoms in total. The van der Waals surface area contributed by atoms with Gasteiger partial charge in [-0.15, -0.1) is 0 Å². The van der Waals surface area contributed by atoms with Gasteiger partial charge >= 0.3 is 373 Å². The normalized spacial score (nSPS) is 12.7. The maximum atomic E-state index is 7.46. The summed E-state index contributed by atoms with van der Waals surface area (Å²) in [5.74, 6) is 2.30. The minimum absolute atomic E-state index is 0.0959. The summed E-state index contributed by atoms with van der Waals surface area (Å²) in [6.07, 6.45) is 1.96. The summed E-state index contributed by atoms with van der Waals surface area (Å²) in [5.41, 5.74) is 14.4. The van der Waals surface area contributed by atoms with Crippen molar-refractivity contribution in [2.75, 3.05) is 4.90 Å². The molecule has 13 aromatic carbocycles. The molecule has 7 heteroatoms. The molecule has 17 aromatic rings. The van der Waals surface area contributed by atoms with Crippen LogP contribution in [0.4, 0.5) is 11.4 Å². The topological polar surface area (TPSA) is 40.1 Å². The summed E-state index contributed by atoms with van der Waals surface area (Å²) in [7, 11) is 0. The number of ether oxygens (including phenoxy) is 1. The molecular formula is C92H73GeN5O. The summed E-state index contributed by atoms with van der Waals surface area (Å²) in [4.78, 5) is 7.64. The molecule has 0 radical (unpaired) electrons. The number of anilines is 2. The van der Waals surface area contributed by atoms with Crippen LogP contribution in [0.2, 0.25) is 0 Å². The number of para-hydroxylation sites is 5. The second-order valence-electron chi connectivity index (χ2n) is 28.7. The molecule has 1 aliphatic heterocycles. The van der Waals surface area contributed by atoms with Gasteiger partial charge in [0.2, 0.25) is 0 Å². The fourth-order valence-corrected chi connectivity index (χ4v) is 26.3. The van der Waals surface area contributed by atoms with Gasteiger partial charge in [-0.05, 0) is 41.3 Å². The third kappa shape index (κ3) is 9.78. The number of hydrogen-bond acceptors (Lipinski definition) is 3. The van der Waals surface area contributed by atoms with Crippen molar-refractivity contribution in [2.24, 2.45) is 0 Å². The first-order valence-electron chi connectivity index (χ1n) is 34.5. The van der Waals surface area contributed by atoms with E-state index in [4.69, 9.17) is 9.72 Å². The molecule has 5 heterocycles. The fraction of sp³-hybridized carbons (Fsp3) is 0.0978. The van der Waals surface area contributed by atoms with Gasteiger partial charge in [0.25, 0.3) is 0 Å². The summed E-state index contributed by atoms with van der Waals surface area (Å²) in [6.45, 7) is 14.4. The summed E-state index contributed by atoms with van der Waals surface area (Å²) in [6, 6.07) is 118. The monoisotopic (exact) mass is 1340 g/mol. The summed E-state index contributed by atoms with van der Waals surface area (Å²) >= 11 is -3.85. The Balaban J connectivity index is 0.868. The van der Waals surface area contributed by atoms with E-state index in [0.717, 1.165) is 67.0 Å². The number of rotatable bonds is 10. The van der Waals surface area contributed by atoms with Crippen LogP contribution in [0, 0.1) is 0 Å². The number of fused-ring (bicyclic) bond motifs is 13. The molecule has 0 atom stereocenters. The van der Waals surface area contributed by atoms with Crippen molar-refractivity contribution in [1.82, 2.24) is 18.7 Å². The number of aromatic nitrogens is 4. The molecule has 0 unspecified atom stereocenters. The average Bonchev–Trinajstić information content (AvgIpc) is 1.68. The first-order valence-corrected chi connectivity index (χ1v) is 38.7. The zero-order valence-electron chi connectivity index (χ0n) is 56.5. The van der Waals surface area contributed by atoms with Crippen LogP contribution in [0.5, 0.6) is 11.5 Å². The van der Waals surface area contributed by atoms with Gasteiger partial charge in [-0.3, -0.25) is 4.57 Å². The minimum atomic E-state index is -3.85. The third-order valence-corrected chi connectivity index (χ3v) is 30.8. The Morgan fingerprint density at radius 1 is 0.343 bits per heavy atom. The van der Waals surface area contributed by atoms with Crippen molar-refractivity contribution < 1.29 is 4.74 Å².